The van der Waals surface area contributed by atoms with Crippen LogP contribution < -0.4 is 0 Å². The summed E-state index contributed by atoms with van der Waals surface area (Å²) in [5.41, 5.74) is 3.11. The van der Waals surface area contributed by atoms with Crippen molar-refractivity contribution in [3.63, 3.8) is 0 Å². The van der Waals surface area contributed by atoms with Gasteiger partial charge in [-0.05, 0) is 93.4 Å². The van der Waals surface area contributed by atoms with Gasteiger partial charge in [0.1, 0.15) is 0 Å². The van der Waals surface area contributed by atoms with Gasteiger partial charge in [-0.25, -0.2) is 12.4 Å². The first-order chi connectivity index (χ1) is 16.8. The highest BCUT2D eigenvalue weighted by Crippen LogP contribution is 2.40. The third-order valence-electron chi connectivity index (χ3n) is 8.15. The molecular formula is C27H36N2O5S. The molecule has 5 rings (SSSR count). The van der Waals surface area contributed by atoms with Gasteiger partial charge in [0.2, 0.25) is 10.0 Å². The molecule has 1 unspecified atom stereocenters. The number of Topliss-reactive ketones (excluding diaryl/α,β-unsaturated/α-hetero) is 1. The highest BCUT2D eigenvalue weighted by Gasteiger charge is 2.34. The summed E-state index contributed by atoms with van der Waals surface area (Å²) in [6, 6.07) is 5.33. The molecule has 1 amide bonds. The third-order valence-corrected chi connectivity index (χ3v) is 9.85. The first-order valence-electron chi connectivity index (χ1n) is 13.0. The predicted octanol–water partition coefficient (Wildman–Crippen LogP) is 3.81. The predicted molar refractivity (Wildman–Crippen MR) is 135 cm³/mol. The SMILES string of the molecule is CCS(=O)(=O)n1c2c(c3cc(C(=O)N(C)CC(=O)CC4CC4)ccc31)CC(C1CCOCC1)CC2. The minimum Gasteiger partial charge on any atom is -0.381 e. The molecule has 7 nitrogen and oxygen atoms in total. The number of fused-ring (bicyclic) bond motifs is 3. The fraction of sp³-hybridized carbons (Fsp3) is 0.630. The van der Waals surface area contributed by atoms with Crippen LogP contribution >= 0.6 is 0 Å². The number of ketones is 1. The summed E-state index contributed by atoms with van der Waals surface area (Å²) >= 11 is 0. The minimum atomic E-state index is -3.48. The fourth-order valence-corrected chi connectivity index (χ4v) is 7.23. The first kappa shape index (κ1) is 24.5. The lowest BCUT2D eigenvalue weighted by molar-refractivity contribution is -0.119. The number of benzene rings is 1. The molecule has 2 fully saturated rings. The lowest BCUT2D eigenvalue weighted by Crippen LogP contribution is -2.32. The third kappa shape index (κ3) is 4.92. The quantitative estimate of drug-likeness (QED) is 0.550. The van der Waals surface area contributed by atoms with Crippen LogP contribution in [0.2, 0.25) is 0 Å². The second-order valence-electron chi connectivity index (χ2n) is 10.6. The molecule has 2 aliphatic carbocycles. The Bertz CT molecular complexity index is 1240. The van der Waals surface area contributed by atoms with Gasteiger partial charge in [-0.1, -0.05) is 0 Å². The van der Waals surface area contributed by atoms with Crippen molar-refractivity contribution in [2.45, 2.75) is 58.3 Å². The highest BCUT2D eigenvalue weighted by molar-refractivity contribution is 7.90. The summed E-state index contributed by atoms with van der Waals surface area (Å²) in [5.74, 6) is 1.51. The van der Waals surface area contributed by atoms with Crippen LogP contribution in [0.1, 0.15) is 67.1 Å². The molecule has 8 heteroatoms. The molecule has 1 saturated heterocycles. The van der Waals surface area contributed by atoms with Crippen molar-refractivity contribution in [3.8, 4) is 0 Å². The van der Waals surface area contributed by atoms with E-state index in [0.717, 1.165) is 74.8 Å². The zero-order chi connectivity index (χ0) is 24.7. The van der Waals surface area contributed by atoms with E-state index in [0.29, 0.717) is 35.3 Å². The number of carbonyl (C=O) groups excluding carboxylic acids is 2. The normalized spacial score (nSPS) is 21.1. The molecule has 1 aromatic carbocycles. The Morgan fingerprint density at radius 3 is 2.51 bits per heavy atom. The molecule has 0 bridgehead atoms. The molecule has 2 heterocycles. The van der Waals surface area contributed by atoms with E-state index in [4.69, 9.17) is 4.74 Å². The van der Waals surface area contributed by atoms with Crippen LogP contribution in [0.3, 0.4) is 0 Å². The van der Waals surface area contributed by atoms with Crippen molar-refractivity contribution in [2.75, 3.05) is 32.6 Å². The van der Waals surface area contributed by atoms with Gasteiger partial charge in [-0.2, -0.15) is 0 Å². The van der Waals surface area contributed by atoms with Crippen LogP contribution in [0.5, 0.6) is 0 Å². The Hall–Kier alpha value is -2.19. The summed E-state index contributed by atoms with van der Waals surface area (Å²) < 4.78 is 33.3. The molecule has 0 spiro atoms. The van der Waals surface area contributed by atoms with Crippen molar-refractivity contribution in [3.05, 3.63) is 35.0 Å². The average molecular weight is 501 g/mol. The van der Waals surface area contributed by atoms with Crippen molar-refractivity contribution in [2.24, 2.45) is 17.8 Å². The molecule has 35 heavy (non-hydrogen) atoms. The molecule has 3 aliphatic rings. The minimum absolute atomic E-state index is 0.0269. The van der Waals surface area contributed by atoms with E-state index in [-0.39, 0.29) is 24.0 Å². The van der Waals surface area contributed by atoms with Crippen molar-refractivity contribution in [1.29, 1.82) is 0 Å². The molecule has 0 radical (unpaired) electrons. The number of carbonyl (C=O) groups is 2. The molecule has 1 aromatic heterocycles. The van der Waals surface area contributed by atoms with Gasteiger partial charge in [0.15, 0.2) is 5.78 Å². The van der Waals surface area contributed by atoms with Gasteiger partial charge >= 0.3 is 0 Å². The number of rotatable bonds is 8. The molecule has 1 atom stereocenters. The number of amides is 1. The first-order valence-corrected chi connectivity index (χ1v) is 14.6. The monoisotopic (exact) mass is 500 g/mol. The Balaban J connectivity index is 1.48. The lowest BCUT2D eigenvalue weighted by Gasteiger charge is -2.33. The topological polar surface area (TPSA) is 85.7 Å². The van der Waals surface area contributed by atoms with Crippen LogP contribution in [0.4, 0.5) is 0 Å². The van der Waals surface area contributed by atoms with Gasteiger partial charge in [-0.15, -0.1) is 0 Å². The van der Waals surface area contributed by atoms with Gasteiger partial charge < -0.3 is 9.64 Å². The molecule has 1 aliphatic heterocycles. The highest BCUT2D eigenvalue weighted by atomic mass is 32.2. The van der Waals surface area contributed by atoms with E-state index in [1.807, 2.05) is 6.07 Å². The Morgan fingerprint density at radius 2 is 1.83 bits per heavy atom. The Kier molecular flexibility index (Phi) is 6.79. The summed E-state index contributed by atoms with van der Waals surface area (Å²) in [5, 5.41) is 0.859. The van der Waals surface area contributed by atoms with E-state index >= 15 is 0 Å². The van der Waals surface area contributed by atoms with Crippen molar-refractivity contribution < 1.29 is 22.7 Å². The average Bonchev–Trinajstić information content (AvgIpc) is 3.61. The second kappa shape index (κ2) is 9.69. The number of ether oxygens (including phenoxy) is 1. The summed E-state index contributed by atoms with van der Waals surface area (Å²) in [7, 11) is -1.81. The fourth-order valence-electron chi connectivity index (χ4n) is 5.98. The van der Waals surface area contributed by atoms with Gasteiger partial charge in [0.25, 0.3) is 5.91 Å². The lowest BCUT2D eigenvalue weighted by atomic mass is 9.75. The van der Waals surface area contributed by atoms with E-state index < -0.39 is 10.0 Å². The van der Waals surface area contributed by atoms with Gasteiger partial charge in [0.05, 0.1) is 17.8 Å². The summed E-state index contributed by atoms with van der Waals surface area (Å²) in [6.45, 7) is 3.38. The van der Waals surface area contributed by atoms with Crippen LogP contribution in [-0.4, -0.2) is 61.5 Å². The van der Waals surface area contributed by atoms with E-state index in [1.165, 1.54) is 8.87 Å². The van der Waals surface area contributed by atoms with Gasteiger partial charge in [-0.3, -0.25) is 9.59 Å². The molecule has 1 saturated carbocycles. The molecule has 2 aromatic rings. The Labute approximate surface area is 207 Å². The number of likely N-dealkylation sites (N-methyl/N-ethyl adjacent to an activating group) is 1. The number of hydrogen-bond acceptors (Lipinski definition) is 5. The van der Waals surface area contributed by atoms with Gasteiger partial charge in [0, 0.05) is 43.3 Å². The van der Waals surface area contributed by atoms with E-state index in [9.17, 15) is 18.0 Å². The van der Waals surface area contributed by atoms with Crippen LogP contribution in [0.15, 0.2) is 18.2 Å². The van der Waals surface area contributed by atoms with E-state index in [2.05, 4.69) is 0 Å². The number of hydrogen-bond donors (Lipinski definition) is 0. The standard InChI is InChI=1S/C27H36N2O5S/c1-3-35(32,33)29-25-8-6-20(19-10-12-34-13-11-19)15-23(25)24-16-21(7-9-26(24)29)27(31)28(2)17-22(30)14-18-4-5-18/h7,9,16,18-20H,3-6,8,10-15,17H2,1-2H3. The maximum Gasteiger partial charge on any atom is 0.254 e. The second-order valence-corrected chi connectivity index (χ2v) is 12.7. The van der Waals surface area contributed by atoms with Crippen LogP contribution in [-0.2, 0) is 32.4 Å². The molecular weight excluding hydrogens is 464 g/mol. The number of nitrogens with zero attached hydrogens (tertiary/aromatic N) is 2. The summed E-state index contributed by atoms with van der Waals surface area (Å²) in [6.07, 6.45) is 7.40. The molecule has 190 valence electrons. The maximum atomic E-state index is 13.2. The zero-order valence-corrected chi connectivity index (χ0v) is 21.6. The maximum absolute atomic E-state index is 13.2. The smallest absolute Gasteiger partial charge is 0.254 e. The van der Waals surface area contributed by atoms with Crippen LogP contribution in [0, 0.1) is 17.8 Å². The van der Waals surface area contributed by atoms with Crippen LogP contribution in [0.25, 0.3) is 10.9 Å². The van der Waals surface area contributed by atoms with Crippen molar-refractivity contribution >= 4 is 32.6 Å². The van der Waals surface area contributed by atoms with E-state index in [1.54, 1.807) is 26.1 Å². The molecule has 0 N–H and O–H groups in total. The number of aromatic nitrogens is 1. The summed E-state index contributed by atoms with van der Waals surface area (Å²) in [4.78, 5) is 27.0. The van der Waals surface area contributed by atoms with Crippen molar-refractivity contribution in [1.82, 2.24) is 8.87 Å². The Morgan fingerprint density at radius 1 is 1.09 bits per heavy atom. The zero-order valence-electron chi connectivity index (χ0n) is 20.8. The largest absolute Gasteiger partial charge is 0.381 e.